The number of aliphatic hydroxyl groups excluding tert-OH is 7. The summed E-state index contributed by atoms with van der Waals surface area (Å²) in [5.74, 6) is -0.908. The van der Waals surface area contributed by atoms with Gasteiger partial charge in [-0.1, -0.05) is 206 Å². The average molecular weight is 977 g/mol. The van der Waals surface area contributed by atoms with Crippen LogP contribution in [0.2, 0.25) is 0 Å². The molecule has 0 saturated carbocycles. The Kier molecular flexibility index (Phi) is 37.8. The number of unbranched alkanes of at least 4 members (excludes halogenated alkanes) is 30. The lowest BCUT2D eigenvalue weighted by Crippen LogP contribution is -2.61. The van der Waals surface area contributed by atoms with E-state index in [0.29, 0.717) is 12.8 Å². The zero-order valence-corrected chi connectivity index (χ0v) is 42.6. The fraction of sp³-hybridized carbons (Fsp3) is 0.962. The summed E-state index contributed by atoms with van der Waals surface area (Å²) in [6.07, 6.45) is 22.7. The molecule has 15 heteroatoms. The van der Waals surface area contributed by atoms with E-state index in [4.69, 9.17) is 28.4 Å². The third-order valence-electron chi connectivity index (χ3n) is 13.6. The predicted octanol–water partition coefficient (Wildman–Crippen LogP) is 8.39. The molecule has 0 amide bonds. The van der Waals surface area contributed by atoms with Gasteiger partial charge in [0.15, 0.2) is 18.7 Å². The van der Waals surface area contributed by atoms with Gasteiger partial charge in [-0.2, -0.15) is 0 Å². The third kappa shape index (κ3) is 28.5. The van der Waals surface area contributed by atoms with Crippen molar-refractivity contribution < 1.29 is 73.8 Å². The van der Waals surface area contributed by atoms with E-state index in [1.807, 2.05) is 0 Å². The molecule has 0 bridgehead atoms. The molecular weight excluding hydrogens is 877 g/mol. The average Bonchev–Trinajstić information content (AvgIpc) is 3.33. The molecule has 402 valence electrons. The molecule has 68 heavy (non-hydrogen) atoms. The standard InChI is InChI=1S/C53H100O15/c1-3-5-7-9-11-13-15-17-18-19-20-21-22-23-24-26-28-30-32-34-36-45(56)66-41(38-63-44(55)35-33-31-29-27-25-16-14-12-10-8-6-4-2)39-64-52-51(62)49(60)47(58)43(68-52)40-65-53-50(61)48(59)46(57)42(37-54)67-53/h41-43,46-54,57-62H,3-40H2,1-2H3/t41-,42+,43+,46-,47-,48?,49?,50?,51?,52+,53+/m1/s1. The van der Waals surface area contributed by atoms with Crippen LogP contribution < -0.4 is 0 Å². The van der Waals surface area contributed by atoms with Crippen LogP contribution in [-0.2, 0) is 38.0 Å². The first-order chi connectivity index (χ1) is 33.0. The number of esters is 2. The second kappa shape index (κ2) is 41.0. The molecule has 0 radical (unpaired) electrons. The van der Waals surface area contributed by atoms with Crippen molar-refractivity contribution >= 4 is 11.9 Å². The molecule has 2 saturated heterocycles. The van der Waals surface area contributed by atoms with Gasteiger partial charge < -0.3 is 64.2 Å². The van der Waals surface area contributed by atoms with Gasteiger partial charge in [-0.3, -0.25) is 9.59 Å². The van der Waals surface area contributed by atoms with Gasteiger partial charge in [0.25, 0.3) is 0 Å². The number of hydrogen-bond donors (Lipinski definition) is 7. The molecule has 2 heterocycles. The maximum absolute atomic E-state index is 13.0. The summed E-state index contributed by atoms with van der Waals surface area (Å²) < 4.78 is 33.6. The van der Waals surface area contributed by atoms with Gasteiger partial charge in [0, 0.05) is 12.8 Å². The Balaban J connectivity index is 1.75. The molecule has 2 aliphatic heterocycles. The molecule has 0 spiro atoms. The Bertz CT molecular complexity index is 1190. The Morgan fingerprint density at radius 3 is 1.15 bits per heavy atom. The first-order valence-electron chi connectivity index (χ1n) is 27.6. The maximum Gasteiger partial charge on any atom is 0.306 e. The second-order valence-electron chi connectivity index (χ2n) is 19.8. The van der Waals surface area contributed by atoms with Gasteiger partial charge >= 0.3 is 11.9 Å². The highest BCUT2D eigenvalue weighted by molar-refractivity contribution is 5.70. The predicted molar refractivity (Wildman–Crippen MR) is 262 cm³/mol. The summed E-state index contributed by atoms with van der Waals surface area (Å²) in [5.41, 5.74) is 0. The molecule has 0 aromatic heterocycles. The van der Waals surface area contributed by atoms with Crippen LogP contribution in [0.5, 0.6) is 0 Å². The summed E-state index contributed by atoms with van der Waals surface area (Å²) in [6, 6.07) is 0. The fourth-order valence-corrected chi connectivity index (χ4v) is 9.04. The van der Waals surface area contributed by atoms with Gasteiger partial charge in [0.2, 0.25) is 0 Å². The number of carbonyl (C=O) groups excluding carboxylic acids is 2. The Hall–Kier alpha value is -1.50. The van der Waals surface area contributed by atoms with Gasteiger partial charge in [-0.25, -0.2) is 0 Å². The van der Waals surface area contributed by atoms with Crippen LogP contribution in [-0.4, -0.2) is 142 Å². The van der Waals surface area contributed by atoms with Crippen LogP contribution in [0.25, 0.3) is 0 Å². The fourth-order valence-electron chi connectivity index (χ4n) is 9.04. The van der Waals surface area contributed by atoms with Gasteiger partial charge in [0.1, 0.15) is 55.4 Å². The van der Waals surface area contributed by atoms with Gasteiger partial charge in [-0.05, 0) is 12.8 Å². The van der Waals surface area contributed by atoms with E-state index in [1.54, 1.807) is 0 Å². The van der Waals surface area contributed by atoms with E-state index in [9.17, 15) is 45.3 Å². The van der Waals surface area contributed by atoms with E-state index < -0.39 is 92.7 Å². The SMILES string of the molecule is CCCCCCCCCCCCCCCCCCCCCCC(=O)O[C@H](COC(=O)CCCCCCCCCCCCCC)CO[C@H]1O[C@@H](CO[C@H]2O[C@@H](CO)[C@@H](O)C(O)C2O)[C@@H](O)C(O)C1O. The molecule has 0 aromatic carbocycles. The van der Waals surface area contributed by atoms with Crippen LogP contribution >= 0.6 is 0 Å². The third-order valence-corrected chi connectivity index (χ3v) is 13.6. The Morgan fingerprint density at radius 2 is 0.750 bits per heavy atom. The lowest BCUT2D eigenvalue weighted by atomic mass is 9.98. The zero-order valence-electron chi connectivity index (χ0n) is 42.6. The van der Waals surface area contributed by atoms with Crippen molar-refractivity contribution in [3.05, 3.63) is 0 Å². The van der Waals surface area contributed by atoms with Gasteiger partial charge in [0.05, 0.1) is 19.8 Å². The minimum Gasteiger partial charge on any atom is -0.462 e. The quantitative estimate of drug-likeness (QED) is 0.0225. The number of hydrogen-bond acceptors (Lipinski definition) is 15. The van der Waals surface area contributed by atoms with Crippen molar-refractivity contribution in [1.82, 2.24) is 0 Å². The topological polar surface area (TPSA) is 231 Å². The van der Waals surface area contributed by atoms with E-state index in [-0.39, 0.29) is 26.1 Å². The molecule has 0 aromatic rings. The lowest BCUT2D eigenvalue weighted by Gasteiger charge is -2.42. The van der Waals surface area contributed by atoms with Crippen molar-refractivity contribution in [2.45, 2.75) is 300 Å². The summed E-state index contributed by atoms with van der Waals surface area (Å²) in [7, 11) is 0. The summed E-state index contributed by atoms with van der Waals surface area (Å²) >= 11 is 0. The lowest BCUT2D eigenvalue weighted by molar-refractivity contribution is -0.332. The number of carbonyl (C=O) groups is 2. The smallest absolute Gasteiger partial charge is 0.306 e. The van der Waals surface area contributed by atoms with Crippen molar-refractivity contribution in [2.75, 3.05) is 26.4 Å². The summed E-state index contributed by atoms with van der Waals surface area (Å²) in [6.45, 7) is 2.63. The molecule has 2 rings (SSSR count). The van der Waals surface area contributed by atoms with Crippen LogP contribution in [0.1, 0.15) is 232 Å². The number of rotatable bonds is 44. The molecule has 0 aliphatic carbocycles. The molecular formula is C53H100O15. The molecule has 7 N–H and O–H groups in total. The highest BCUT2D eigenvalue weighted by Gasteiger charge is 2.47. The van der Waals surface area contributed by atoms with Crippen LogP contribution in [0.3, 0.4) is 0 Å². The molecule has 11 atom stereocenters. The molecule has 15 nitrogen and oxygen atoms in total. The molecule has 2 aliphatic rings. The van der Waals surface area contributed by atoms with E-state index in [0.717, 1.165) is 38.5 Å². The molecule has 2 fully saturated rings. The first kappa shape index (κ1) is 62.6. The number of ether oxygens (including phenoxy) is 6. The minimum absolute atomic E-state index is 0.174. The largest absolute Gasteiger partial charge is 0.462 e. The zero-order chi connectivity index (χ0) is 49.6. The van der Waals surface area contributed by atoms with Crippen molar-refractivity contribution in [3.8, 4) is 0 Å². The Labute approximate surface area is 410 Å². The van der Waals surface area contributed by atoms with Crippen LogP contribution in [0.4, 0.5) is 0 Å². The highest BCUT2D eigenvalue weighted by Crippen LogP contribution is 2.27. The minimum atomic E-state index is -1.76. The maximum atomic E-state index is 13.0. The summed E-state index contributed by atoms with van der Waals surface area (Å²) in [5, 5.41) is 72.1. The van der Waals surface area contributed by atoms with Crippen molar-refractivity contribution in [1.29, 1.82) is 0 Å². The van der Waals surface area contributed by atoms with Crippen LogP contribution in [0, 0.1) is 0 Å². The van der Waals surface area contributed by atoms with E-state index in [1.165, 1.54) is 154 Å². The summed E-state index contributed by atoms with van der Waals surface area (Å²) in [4.78, 5) is 25.8. The normalized spacial score (nSPS) is 25.7. The molecule has 4 unspecified atom stereocenters. The highest BCUT2D eigenvalue weighted by atomic mass is 16.7. The van der Waals surface area contributed by atoms with Crippen molar-refractivity contribution in [3.63, 3.8) is 0 Å². The van der Waals surface area contributed by atoms with E-state index in [2.05, 4.69) is 13.8 Å². The second-order valence-corrected chi connectivity index (χ2v) is 19.8. The number of aliphatic hydroxyl groups is 7. The van der Waals surface area contributed by atoms with Crippen molar-refractivity contribution in [2.24, 2.45) is 0 Å². The van der Waals surface area contributed by atoms with Gasteiger partial charge in [-0.15, -0.1) is 0 Å². The van der Waals surface area contributed by atoms with E-state index >= 15 is 0 Å². The first-order valence-corrected chi connectivity index (χ1v) is 27.6. The van der Waals surface area contributed by atoms with Crippen LogP contribution in [0.15, 0.2) is 0 Å². The monoisotopic (exact) mass is 977 g/mol. The Morgan fingerprint density at radius 1 is 0.412 bits per heavy atom.